The van der Waals surface area contributed by atoms with Crippen LogP contribution < -0.4 is 9.47 Å². The van der Waals surface area contributed by atoms with E-state index in [2.05, 4.69) is 15.9 Å². The van der Waals surface area contributed by atoms with Crippen LogP contribution in [0.2, 0.25) is 0 Å². The van der Waals surface area contributed by atoms with Gasteiger partial charge in [0.1, 0.15) is 22.9 Å². The normalized spacial score (nSPS) is 19.9. The monoisotopic (exact) mass is 256 g/mol. The van der Waals surface area contributed by atoms with Crippen LogP contribution in [0.5, 0.6) is 11.5 Å². The predicted octanol–water partition coefficient (Wildman–Crippen LogP) is 2.03. The number of ketones is 1. The van der Waals surface area contributed by atoms with Gasteiger partial charge in [0.15, 0.2) is 5.78 Å². The average molecular weight is 257 g/mol. The summed E-state index contributed by atoms with van der Waals surface area (Å²) in [5, 5.41) is 0. The Hall–Kier alpha value is -1.03. The second-order valence-electron chi connectivity index (χ2n) is 3.00. The molecule has 0 aliphatic carbocycles. The lowest BCUT2D eigenvalue weighted by Crippen LogP contribution is -2.27. The molecule has 0 bridgehead atoms. The molecule has 1 aromatic carbocycles. The van der Waals surface area contributed by atoms with E-state index in [9.17, 15) is 4.79 Å². The van der Waals surface area contributed by atoms with Crippen LogP contribution in [-0.2, 0) is 0 Å². The largest absolute Gasteiger partial charge is 0.497 e. The van der Waals surface area contributed by atoms with E-state index in [0.29, 0.717) is 23.7 Å². The van der Waals surface area contributed by atoms with Gasteiger partial charge in [0, 0.05) is 0 Å². The van der Waals surface area contributed by atoms with Gasteiger partial charge in [-0.25, -0.2) is 0 Å². The summed E-state index contributed by atoms with van der Waals surface area (Å²) in [4.78, 5) is 11.5. The minimum absolute atomic E-state index is 0.0464. The smallest absolute Gasteiger partial charge is 0.183 e. The number of carbonyl (C=O) groups is 1. The highest BCUT2D eigenvalue weighted by molar-refractivity contribution is 9.10. The number of ether oxygens (including phenoxy) is 2. The molecule has 0 amide bonds. The van der Waals surface area contributed by atoms with Crippen LogP contribution in [-0.4, -0.2) is 24.3 Å². The summed E-state index contributed by atoms with van der Waals surface area (Å²) in [6.45, 7) is 0.387. The molecule has 0 fully saturated rings. The van der Waals surface area contributed by atoms with Gasteiger partial charge in [-0.15, -0.1) is 0 Å². The third-order valence-corrected chi connectivity index (χ3v) is 2.80. The van der Waals surface area contributed by atoms with Crippen LogP contribution in [0.3, 0.4) is 0 Å². The maximum atomic E-state index is 11.7. The van der Waals surface area contributed by atoms with E-state index in [-0.39, 0.29) is 10.6 Å². The predicted molar refractivity (Wildman–Crippen MR) is 55.5 cm³/mol. The Balaban J connectivity index is 2.46. The molecule has 1 atom stereocenters. The SMILES string of the molecule is COc1ccc2c(c1)C(=O)C(Br)CO2. The molecule has 0 N–H and O–H groups in total. The van der Waals surface area contributed by atoms with Gasteiger partial charge >= 0.3 is 0 Å². The summed E-state index contributed by atoms with van der Waals surface area (Å²) in [6.07, 6.45) is 0. The lowest BCUT2D eigenvalue weighted by atomic mass is 10.0. The molecule has 1 heterocycles. The summed E-state index contributed by atoms with van der Waals surface area (Å²) in [6, 6.07) is 5.23. The second-order valence-corrected chi connectivity index (χ2v) is 4.11. The molecule has 1 aliphatic heterocycles. The molecular weight excluding hydrogens is 248 g/mol. The number of rotatable bonds is 1. The number of alkyl halides is 1. The van der Waals surface area contributed by atoms with E-state index in [1.54, 1.807) is 25.3 Å². The Morgan fingerprint density at radius 3 is 3.07 bits per heavy atom. The summed E-state index contributed by atoms with van der Waals surface area (Å²) >= 11 is 3.25. The van der Waals surface area contributed by atoms with E-state index >= 15 is 0 Å². The molecular formula is C10H9BrO3. The van der Waals surface area contributed by atoms with Gasteiger partial charge in [-0.2, -0.15) is 0 Å². The quantitative estimate of drug-likeness (QED) is 0.722. The van der Waals surface area contributed by atoms with Gasteiger partial charge in [-0.1, -0.05) is 15.9 Å². The fraction of sp³-hybridized carbons (Fsp3) is 0.300. The number of Topliss-reactive ketones (excluding diaryl/α,β-unsaturated/α-hetero) is 1. The Kier molecular flexibility index (Phi) is 2.46. The third-order valence-electron chi connectivity index (χ3n) is 2.12. The molecule has 1 aliphatic rings. The highest BCUT2D eigenvalue weighted by Gasteiger charge is 2.26. The first-order valence-corrected chi connectivity index (χ1v) is 5.13. The standard InChI is InChI=1S/C10H9BrO3/c1-13-6-2-3-9-7(4-6)10(12)8(11)5-14-9/h2-4,8H,5H2,1H3. The van der Waals surface area contributed by atoms with Crippen molar-refractivity contribution >= 4 is 21.7 Å². The maximum absolute atomic E-state index is 11.7. The first-order chi connectivity index (χ1) is 6.72. The minimum Gasteiger partial charge on any atom is -0.497 e. The van der Waals surface area contributed by atoms with E-state index < -0.39 is 0 Å². The van der Waals surface area contributed by atoms with Crippen LogP contribution in [0.15, 0.2) is 18.2 Å². The number of hydrogen-bond acceptors (Lipinski definition) is 3. The fourth-order valence-corrected chi connectivity index (χ4v) is 1.74. The van der Waals surface area contributed by atoms with Gasteiger partial charge in [0.05, 0.1) is 12.7 Å². The Bertz CT molecular complexity index is 376. The van der Waals surface area contributed by atoms with Gasteiger partial charge in [0.2, 0.25) is 0 Å². The summed E-state index contributed by atoms with van der Waals surface area (Å²) in [7, 11) is 1.57. The highest BCUT2D eigenvalue weighted by atomic mass is 79.9. The number of carbonyl (C=O) groups excluding carboxylic acids is 1. The van der Waals surface area contributed by atoms with Gasteiger partial charge < -0.3 is 9.47 Å². The first kappa shape index (κ1) is 9.52. The van der Waals surface area contributed by atoms with Crippen molar-refractivity contribution < 1.29 is 14.3 Å². The zero-order valence-corrected chi connectivity index (χ0v) is 9.21. The minimum atomic E-state index is -0.248. The van der Waals surface area contributed by atoms with E-state index in [1.165, 1.54) is 0 Å². The molecule has 1 aromatic rings. The van der Waals surface area contributed by atoms with Crippen molar-refractivity contribution in [2.45, 2.75) is 4.83 Å². The van der Waals surface area contributed by atoms with Gasteiger partial charge in [-0.05, 0) is 18.2 Å². The van der Waals surface area contributed by atoms with E-state index in [1.807, 2.05) is 0 Å². The third kappa shape index (κ3) is 1.50. The Morgan fingerprint density at radius 2 is 2.36 bits per heavy atom. The zero-order valence-electron chi connectivity index (χ0n) is 7.62. The number of methoxy groups -OCH3 is 1. The molecule has 0 spiro atoms. The van der Waals surface area contributed by atoms with Crippen molar-refractivity contribution in [3.63, 3.8) is 0 Å². The molecule has 2 rings (SSSR count). The van der Waals surface area contributed by atoms with Crippen LogP contribution in [0.4, 0.5) is 0 Å². The second kappa shape index (κ2) is 3.61. The summed E-state index contributed by atoms with van der Waals surface area (Å²) < 4.78 is 10.4. The van der Waals surface area contributed by atoms with Gasteiger partial charge in [-0.3, -0.25) is 4.79 Å². The number of halogens is 1. The number of fused-ring (bicyclic) bond motifs is 1. The molecule has 3 nitrogen and oxygen atoms in total. The van der Waals surface area contributed by atoms with Crippen molar-refractivity contribution in [1.29, 1.82) is 0 Å². The molecule has 4 heteroatoms. The average Bonchev–Trinajstić information content (AvgIpc) is 2.23. The van der Waals surface area contributed by atoms with Crippen molar-refractivity contribution in [2.75, 3.05) is 13.7 Å². The van der Waals surface area contributed by atoms with Crippen molar-refractivity contribution in [3.05, 3.63) is 23.8 Å². The van der Waals surface area contributed by atoms with Crippen molar-refractivity contribution in [2.24, 2.45) is 0 Å². The Labute approximate surface area is 90.1 Å². The van der Waals surface area contributed by atoms with Gasteiger partial charge in [0.25, 0.3) is 0 Å². The number of benzene rings is 1. The molecule has 0 saturated heterocycles. The molecule has 0 radical (unpaired) electrons. The molecule has 14 heavy (non-hydrogen) atoms. The van der Waals surface area contributed by atoms with E-state index in [0.717, 1.165) is 0 Å². The van der Waals surface area contributed by atoms with Crippen LogP contribution in [0.25, 0.3) is 0 Å². The molecule has 0 saturated carbocycles. The van der Waals surface area contributed by atoms with Crippen LogP contribution >= 0.6 is 15.9 Å². The lowest BCUT2D eigenvalue weighted by Gasteiger charge is -2.20. The van der Waals surface area contributed by atoms with Crippen molar-refractivity contribution in [1.82, 2.24) is 0 Å². The lowest BCUT2D eigenvalue weighted by molar-refractivity contribution is 0.0945. The number of hydrogen-bond donors (Lipinski definition) is 0. The first-order valence-electron chi connectivity index (χ1n) is 4.21. The van der Waals surface area contributed by atoms with E-state index in [4.69, 9.17) is 9.47 Å². The molecule has 1 unspecified atom stereocenters. The summed E-state index contributed by atoms with van der Waals surface area (Å²) in [5.41, 5.74) is 0.581. The summed E-state index contributed by atoms with van der Waals surface area (Å²) in [5.74, 6) is 1.35. The fourth-order valence-electron chi connectivity index (χ4n) is 1.36. The molecule has 0 aromatic heterocycles. The zero-order chi connectivity index (χ0) is 10.1. The molecule has 74 valence electrons. The Morgan fingerprint density at radius 1 is 1.57 bits per heavy atom. The highest BCUT2D eigenvalue weighted by Crippen LogP contribution is 2.30. The van der Waals surface area contributed by atoms with Crippen LogP contribution in [0.1, 0.15) is 10.4 Å². The maximum Gasteiger partial charge on any atom is 0.183 e. The van der Waals surface area contributed by atoms with Crippen molar-refractivity contribution in [3.8, 4) is 11.5 Å². The van der Waals surface area contributed by atoms with Crippen LogP contribution in [0, 0.1) is 0 Å². The topological polar surface area (TPSA) is 35.5 Å².